The zero-order chi connectivity index (χ0) is 16.4. The second kappa shape index (κ2) is 5.46. The number of hydrogen-bond acceptors (Lipinski definition) is 2. The molecule has 9 unspecified atom stereocenters. The number of rotatable bonds is 1. The molecule has 23 heavy (non-hydrogen) atoms. The van der Waals surface area contributed by atoms with Crippen molar-refractivity contribution in [2.75, 3.05) is 0 Å². The molecule has 0 aromatic carbocycles. The molecule has 132 valence electrons. The molecule has 0 bridgehead atoms. The number of aliphatic hydroxyl groups is 1. The molecule has 0 spiro atoms. The van der Waals surface area contributed by atoms with Crippen molar-refractivity contribution in [2.45, 2.75) is 90.7 Å². The average Bonchev–Trinajstić information content (AvgIpc) is 2.85. The second-order valence-electron chi connectivity index (χ2n) is 10.2. The Labute approximate surface area is 142 Å². The monoisotopic (exact) mass is 319 g/mol. The van der Waals surface area contributed by atoms with Crippen molar-refractivity contribution in [3.8, 4) is 0 Å². The van der Waals surface area contributed by atoms with Gasteiger partial charge in [-0.15, -0.1) is 0 Å². The van der Waals surface area contributed by atoms with E-state index in [-0.39, 0.29) is 6.10 Å². The van der Waals surface area contributed by atoms with Crippen LogP contribution >= 0.6 is 0 Å². The van der Waals surface area contributed by atoms with Gasteiger partial charge in [-0.25, -0.2) is 0 Å². The quantitative estimate of drug-likeness (QED) is 0.754. The predicted octanol–water partition coefficient (Wildman–Crippen LogP) is 4.35. The number of fused-ring (bicyclic) bond motifs is 5. The Balaban J connectivity index is 1.60. The van der Waals surface area contributed by atoms with Crippen LogP contribution in [0.5, 0.6) is 0 Å². The summed E-state index contributed by atoms with van der Waals surface area (Å²) < 4.78 is 0. The predicted molar refractivity (Wildman–Crippen MR) is 94.9 cm³/mol. The second-order valence-corrected chi connectivity index (χ2v) is 10.2. The molecule has 0 heterocycles. The molecular weight excluding hydrogens is 282 g/mol. The summed E-state index contributed by atoms with van der Waals surface area (Å²) >= 11 is 0. The molecule has 0 radical (unpaired) electrons. The van der Waals surface area contributed by atoms with E-state index < -0.39 is 0 Å². The van der Waals surface area contributed by atoms with E-state index in [1.807, 2.05) is 6.92 Å². The van der Waals surface area contributed by atoms with Crippen LogP contribution in [-0.2, 0) is 0 Å². The van der Waals surface area contributed by atoms with Crippen molar-refractivity contribution in [3.63, 3.8) is 0 Å². The van der Waals surface area contributed by atoms with Gasteiger partial charge in [0.25, 0.3) is 0 Å². The molecule has 2 nitrogen and oxygen atoms in total. The lowest BCUT2D eigenvalue weighted by Gasteiger charge is -2.61. The summed E-state index contributed by atoms with van der Waals surface area (Å²) in [6.45, 7) is 7.17. The highest BCUT2D eigenvalue weighted by Crippen LogP contribution is 2.67. The largest absolute Gasteiger partial charge is 0.393 e. The highest BCUT2D eigenvalue weighted by molar-refractivity contribution is 5.09. The summed E-state index contributed by atoms with van der Waals surface area (Å²) in [4.78, 5) is 0. The van der Waals surface area contributed by atoms with Crippen LogP contribution in [0.1, 0.15) is 78.6 Å². The van der Waals surface area contributed by atoms with Crippen LogP contribution in [0.3, 0.4) is 0 Å². The van der Waals surface area contributed by atoms with Crippen molar-refractivity contribution in [1.82, 2.24) is 0 Å². The standard InChI is InChI=1S/C21H37NO/c1-13(23)17-6-7-18-16-5-4-14-12-15(22)8-10-20(14,2)19(16)9-11-21(17,18)3/h13-19,23H,4-12,22H2,1-3H3. The maximum absolute atomic E-state index is 10.3. The third-order valence-corrected chi connectivity index (χ3v) is 9.36. The van der Waals surface area contributed by atoms with Crippen LogP contribution < -0.4 is 5.73 Å². The number of nitrogens with two attached hydrogens (primary N) is 1. The minimum atomic E-state index is -0.124. The van der Waals surface area contributed by atoms with Gasteiger partial charge in [0.15, 0.2) is 0 Å². The zero-order valence-corrected chi connectivity index (χ0v) is 15.4. The van der Waals surface area contributed by atoms with Gasteiger partial charge in [-0.2, -0.15) is 0 Å². The van der Waals surface area contributed by atoms with Gasteiger partial charge in [-0.3, -0.25) is 0 Å². The fraction of sp³-hybridized carbons (Fsp3) is 1.00. The molecule has 4 rings (SSSR count). The Morgan fingerprint density at radius 2 is 1.61 bits per heavy atom. The third-order valence-electron chi connectivity index (χ3n) is 9.36. The Morgan fingerprint density at radius 1 is 0.913 bits per heavy atom. The molecule has 3 N–H and O–H groups in total. The van der Waals surface area contributed by atoms with Crippen molar-refractivity contribution in [3.05, 3.63) is 0 Å². The normalized spacial score (nSPS) is 57.3. The van der Waals surface area contributed by atoms with Crippen LogP contribution in [0, 0.1) is 40.4 Å². The van der Waals surface area contributed by atoms with E-state index in [1.165, 1.54) is 57.8 Å². The lowest BCUT2D eigenvalue weighted by atomic mass is 9.44. The molecule has 0 saturated heterocycles. The first-order valence-corrected chi connectivity index (χ1v) is 10.3. The first-order chi connectivity index (χ1) is 10.9. The van der Waals surface area contributed by atoms with Gasteiger partial charge < -0.3 is 10.8 Å². The van der Waals surface area contributed by atoms with Crippen molar-refractivity contribution < 1.29 is 5.11 Å². The SMILES string of the molecule is CC(O)C1CCC2C3CCC4CC(N)CCC4(C)C3CCC12C. The van der Waals surface area contributed by atoms with Gasteiger partial charge >= 0.3 is 0 Å². The summed E-state index contributed by atoms with van der Waals surface area (Å²) in [7, 11) is 0. The van der Waals surface area contributed by atoms with Crippen molar-refractivity contribution >= 4 is 0 Å². The Bertz CT molecular complexity index is 463. The number of hydrogen-bond donors (Lipinski definition) is 2. The Hall–Kier alpha value is -0.0800. The van der Waals surface area contributed by atoms with Crippen LogP contribution in [0.2, 0.25) is 0 Å². The third kappa shape index (κ3) is 2.27. The van der Waals surface area contributed by atoms with Crippen molar-refractivity contribution in [2.24, 2.45) is 46.2 Å². The molecule has 0 aromatic heterocycles. The van der Waals surface area contributed by atoms with Gasteiger partial charge in [-0.05, 0) is 105 Å². The average molecular weight is 320 g/mol. The Morgan fingerprint density at radius 3 is 2.35 bits per heavy atom. The van der Waals surface area contributed by atoms with Gasteiger partial charge in [0.1, 0.15) is 0 Å². The summed E-state index contributed by atoms with van der Waals surface area (Å²) in [5, 5.41) is 10.3. The molecule has 0 amide bonds. The van der Waals surface area contributed by atoms with E-state index in [4.69, 9.17) is 5.73 Å². The van der Waals surface area contributed by atoms with E-state index in [0.29, 0.717) is 22.8 Å². The molecular formula is C21H37NO. The molecule has 2 heteroatoms. The maximum Gasteiger partial charge on any atom is 0.0545 e. The van der Waals surface area contributed by atoms with Crippen LogP contribution in [0.25, 0.3) is 0 Å². The molecule has 4 saturated carbocycles. The van der Waals surface area contributed by atoms with Crippen molar-refractivity contribution in [1.29, 1.82) is 0 Å². The number of aliphatic hydroxyl groups excluding tert-OH is 1. The van der Waals surface area contributed by atoms with Crippen LogP contribution in [-0.4, -0.2) is 17.3 Å². The highest BCUT2D eigenvalue weighted by atomic mass is 16.3. The first-order valence-electron chi connectivity index (χ1n) is 10.3. The molecule has 4 aliphatic rings. The summed E-state index contributed by atoms with van der Waals surface area (Å²) in [6, 6.07) is 0.463. The molecule has 0 aromatic rings. The Kier molecular flexibility index (Phi) is 3.89. The van der Waals surface area contributed by atoms with Crippen LogP contribution in [0.4, 0.5) is 0 Å². The maximum atomic E-state index is 10.3. The zero-order valence-electron chi connectivity index (χ0n) is 15.4. The smallest absolute Gasteiger partial charge is 0.0545 e. The first kappa shape index (κ1) is 16.4. The van der Waals surface area contributed by atoms with Gasteiger partial charge in [0.2, 0.25) is 0 Å². The molecule has 4 aliphatic carbocycles. The van der Waals surface area contributed by atoms with Crippen LogP contribution in [0.15, 0.2) is 0 Å². The van der Waals surface area contributed by atoms with E-state index in [9.17, 15) is 5.11 Å². The topological polar surface area (TPSA) is 46.2 Å². The van der Waals surface area contributed by atoms with E-state index in [1.54, 1.807) is 0 Å². The minimum absolute atomic E-state index is 0.124. The van der Waals surface area contributed by atoms with E-state index >= 15 is 0 Å². The van der Waals surface area contributed by atoms with E-state index in [2.05, 4.69) is 13.8 Å². The fourth-order valence-electron chi connectivity index (χ4n) is 8.12. The highest BCUT2D eigenvalue weighted by Gasteiger charge is 2.60. The molecule has 0 aliphatic heterocycles. The van der Waals surface area contributed by atoms with E-state index in [0.717, 1.165) is 23.7 Å². The molecule has 4 fully saturated rings. The van der Waals surface area contributed by atoms with Gasteiger partial charge in [-0.1, -0.05) is 13.8 Å². The van der Waals surface area contributed by atoms with Gasteiger partial charge in [0, 0.05) is 6.04 Å². The minimum Gasteiger partial charge on any atom is -0.393 e. The lowest BCUT2D eigenvalue weighted by molar-refractivity contribution is -0.120. The summed E-state index contributed by atoms with van der Waals surface area (Å²) in [5.41, 5.74) is 7.26. The van der Waals surface area contributed by atoms with Gasteiger partial charge in [0.05, 0.1) is 6.10 Å². The molecule has 9 atom stereocenters. The fourth-order valence-corrected chi connectivity index (χ4v) is 8.12. The summed E-state index contributed by atoms with van der Waals surface area (Å²) in [6.07, 6.45) is 12.0. The summed E-state index contributed by atoms with van der Waals surface area (Å²) in [5.74, 6) is 4.14. The lowest BCUT2D eigenvalue weighted by Crippen LogP contribution is -2.55.